The van der Waals surface area contributed by atoms with Gasteiger partial charge in [0.25, 0.3) is 0 Å². The Morgan fingerprint density at radius 1 is 1.52 bits per heavy atom. The number of hydrogen-bond donors (Lipinski definition) is 0. The molecule has 0 amide bonds. The maximum atomic E-state index is 11.9. The highest BCUT2D eigenvalue weighted by Crippen LogP contribution is 2.17. The molecule has 0 aliphatic carbocycles. The Labute approximate surface area is 126 Å². The van der Waals surface area contributed by atoms with Crippen molar-refractivity contribution in [3.05, 3.63) is 17.5 Å². The van der Waals surface area contributed by atoms with Gasteiger partial charge in [-0.1, -0.05) is 0 Å². The Hall–Kier alpha value is -1.40. The summed E-state index contributed by atoms with van der Waals surface area (Å²) < 4.78 is 6.86. The maximum absolute atomic E-state index is 11.9. The molecule has 1 aromatic rings. The first kappa shape index (κ1) is 16.0. The first-order valence-corrected chi connectivity index (χ1v) is 7.56. The fraction of sp³-hybridized carbons (Fsp3) is 0.733. The van der Waals surface area contributed by atoms with E-state index in [-0.39, 0.29) is 5.97 Å². The van der Waals surface area contributed by atoms with Crippen molar-refractivity contribution in [1.82, 2.24) is 19.6 Å². The molecule has 0 saturated carbocycles. The summed E-state index contributed by atoms with van der Waals surface area (Å²) in [6, 6.07) is 0. The van der Waals surface area contributed by atoms with E-state index in [0.29, 0.717) is 24.6 Å². The molecule has 118 valence electrons. The van der Waals surface area contributed by atoms with Gasteiger partial charge in [-0.05, 0) is 39.9 Å². The summed E-state index contributed by atoms with van der Waals surface area (Å²) in [6.07, 6.45) is 2.85. The van der Waals surface area contributed by atoms with Gasteiger partial charge in [0.1, 0.15) is 5.56 Å². The highest BCUT2D eigenvalue weighted by molar-refractivity contribution is 5.90. The predicted octanol–water partition coefficient (Wildman–Crippen LogP) is 0.980. The highest BCUT2D eigenvalue weighted by atomic mass is 16.5. The monoisotopic (exact) mass is 294 g/mol. The standard InChI is InChI=1S/C15H26N4O2/c1-5-21-15(20)13-8-16-19(4)14(13)11-18(3)10-12-6-7-17(2)9-12/h8,12H,5-7,9-11H2,1-4H3. The summed E-state index contributed by atoms with van der Waals surface area (Å²) in [5.41, 5.74) is 1.50. The highest BCUT2D eigenvalue weighted by Gasteiger charge is 2.23. The summed E-state index contributed by atoms with van der Waals surface area (Å²) in [7, 11) is 6.13. The minimum atomic E-state index is -0.283. The Kier molecular flexibility index (Phi) is 5.36. The van der Waals surface area contributed by atoms with E-state index in [9.17, 15) is 4.79 Å². The van der Waals surface area contributed by atoms with Crippen molar-refractivity contribution in [2.24, 2.45) is 13.0 Å². The van der Waals surface area contributed by atoms with E-state index in [0.717, 1.165) is 18.8 Å². The second-order valence-electron chi connectivity index (χ2n) is 5.96. The van der Waals surface area contributed by atoms with Gasteiger partial charge in [0.15, 0.2) is 0 Å². The number of aryl methyl sites for hydroxylation is 1. The van der Waals surface area contributed by atoms with Gasteiger partial charge in [-0.25, -0.2) is 4.79 Å². The predicted molar refractivity (Wildman–Crippen MR) is 81.1 cm³/mol. The number of hydrogen-bond acceptors (Lipinski definition) is 5. The molecule has 0 bridgehead atoms. The number of likely N-dealkylation sites (tertiary alicyclic amines) is 1. The molecule has 21 heavy (non-hydrogen) atoms. The maximum Gasteiger partial charge on any atom is 0.341 e. The first-order valence-electron chi connectivity index (χ1n) is 7.56. The Morgan fingerprint density at radius 2 is 2.29 bits per heavy atom. The van der Waals surface area contributed by atoms with Crippen LogP contribution in [0.1, 0.15) is 29.4 Å². The number of carbonyl (C=O) groups excluding carboxylic acids is 1. The van der Waals surface area contributed by atoms with Crippen LogP contribution in [-0.4, -0.2) is 65.9 Å². The molecule has 2 heterocycles. The van der Waals surface area contributed by atoms with E-state index < -0.39 is 0 Å². The van der Waals surface area contributed by atoms with E-state index in [4.69, 9.17) is 4.74 Å². The van der Waals surface area contributed by atoms with Gasteiger partial charge in [-0.2, -0.15) is 5.10 Å². The molecule has 1 fully saturated rings. The van der Waals surface area contributed by atoms with Crippen LogP contribution in [0, 0.1) is 5.92 Å². The van der Waals surface area contributed by atoms with Crippen LogP contribution in [0.5, 0.6) is 0 Å². The summed E-state index contributed by atoms with van der Waals surface area (Å²) >= 11 is 0. The normalized spacial score (nSPS) is 19.4. The number of rotatable bonds is 6. The fourth-order valence-electron chi connectivity index (χ4n) is 2.97. The number of aromatic nitrogens is 2. The first-order chi connectivity index (χ1) is 10.0. The van der Waals surface area contributed by atoms with Crippen LogP contribution >= 0.6 is 0 Å². The minimum Gasteiger partial charge on any atom is -0.462 e. The molecule has 1 aliphatic rings. The van der Waals surface area contributed by atoms with E-state index in [1.165, 1.54) is 13.0 Å². The van der Waals surface area contributed by atoms with Gasteiger partial charge < -0.3 is 14.5 Å². The molecule has 6 nitrogen and oxygen atoms in total. The summed E-state index contributed by atoms with van der Waals surface area (Å²) in [5, 5.41) is 4.20. The van der Waals surface area contributed by atoms with Crippen LogP contribution in [0.25, 0.3) is 0 Å². The number of esters is 1. The molecule has 2 rings (SSSR count). The van der Waals surface area contributed by atoms with Gasteiger partial charge in [0, 0.05) is 26.7 Å². The molecule has 0 aromatic carbocycles. The van der Waals surface area contributed by atoms with Crippen molar-refractivity contribution >= 4 is 5.97 Å². The zero-order chi connectivity index (χ0) is 15.4. The van der Waals surface area contributed by atoms with Crippen molar-refractivity contribution in [1.29, 1.82) is 0 Å². The average molecular weight is 294 g/mol. The van der Waals surface area contributed by atoms with E-state index in [1.807, 2.05) is 14.0 Å². The molecule has 1 atom stereocenters. The zero-order valence-electron chi connectivity index (χ0n) is 13.5. The molecule has 0 spiro atoms. The lowest BCUT2D eigenvalue weighted by molar-refractivity contribution is 0.0523. The van der Waals surface area contributed by atoms with Crippen molar-refractivity contribution in [2.45, 2.75) is 19.9 Å². The zero-order valence-corrected chi connectivity index (χ0v) is 13.5. The van der Waals surface area contributed by atoms with Crippen LogP contribution < -0.4 is 0 Å². The van der Waals surface area contributed by atoms with Gasteiger partial charge in [0.05, 0.1) is 18.5 Å². The van der Waals surface area contributed by atoms with E-state index >= 15 is 0 Å². The molecule has 1 aliphatic heterocycles. The second-order valence-corrected chi connectivity index (χ2v) is 5.96. The van der Waals surface area contributed by atoms with Crippen LogP contribution in [0.2, 0.25) is 0 Å². The third-order valence-electron chi connectivity index (χ3n) is 4.04. The SMILES string of the molecule is CCOC(=O)c1cnn(C)c1CN(C)CC1CCN(C)C1. The fourth-order valence-corrected chi connectivity index (χ4v) is 2.97. The minimum absolute atomic E-state index is 0.283. The van der Waals surface area contributed by atoms with Gasteiger partial charge in [-0.15, -0.1) is 0 Å². The lowest BCUT2D eigenvalue weighted by Crippen LogP contribution is -2.28. The summed E-state index contributed by atoms with van der Waals surface area (Å²) in [4.78, 5) is 16.6. The van der Waals surface area contributed by atoms with Gasteiger partial charge >= 0.3 is 5.97 Å². The Bertz CT molecular complexity index is 486. The van der Waals surface area contributed by atoms with Crippen LogP contribution in [0.3, 0.4) is 0 Å². The van der Waals surface area contributed by atoms with Crippen molar-refractivity contribution in [3.8, 4) is 0 Å². The topological polar surface area (TPSA) is 50.6 Å². The molecule has 0 N–H and O–H groups in total. The van der Waals surface area contributed by atoms with Gasteiger partial charge in [0.2, 0.25) is 0 Å². The third kappa shape index (κ3) is 4.04. The summed E-state index contributed by atoms with van der Waals surface area (Å²) in [6.45, 7) is 6.29. The second kappa shape index (κ2) is 7.04. The molecule has 1 saturated heterocycles. The average Bonchev–Trinajstić information content (AvgIpc) is 2.97. The lowest BCUT2D eigenvalue weighted by atomic mass is 10.1. The van der Waals surface area contributed by atoms with Crippen molar-refractivity contribution in [3.63, 3.8) is 0 Å². The smallest absolute Gasteiger partial charge is 0.341 e. The quantitative estimate of drug-likeness (QED) is 0.732. The molecule has 1 unspecified atom stereocenters. The lowest BCUT2D eigenvalue weighted by Gasteiger charge is -2.21. The van der Waals surface area contributed by atoms with Gasteiger partial charge in [-0.3, -0.25) is 4.68 Å². The third-order valence-corrected chi connectivity index (χ3v) is 4.04. The van der Waals surface area contributed by atoms with Crippen LogP contribution in [-0.2, 0) is 18.3 Å². The molecular weight excluding hydrogens is 268 g/mol. The number of ether oxygens (including phenoxy) is 1. The molecular formula is C15H26N4O2. The van der Waals surface area contributed by atoms with Crippen LogP contribution in [0.4, 0.5) is 0 Å². The molecule has 0 radical (unpaired) electrons. The Morgan fingerprint density at radius 3 is 2.90 bits per heavy atom. The van der Waals surface area contributed by atoms with Crippen molar-refractivity contribution in [2.75, 3.05) is 40.3 Å². The summed E-state index contributed by atoms with van der Waals surface area (Å²) in [5.74, 6) is 0.425. The van der Waals surface area contributed by atoms with E-state index in [2.05, 4.69) is 29.0 Å². The van der Waals surface area contributed by atoms with Crippen LogP contribution in [0.15, 0.2) is 6.20 Å². The van der Waals surface area contributed by atoms with E-state index in [1.54, 1.807) is 10.9 Å². The number of carbonyl (C=O) groups is 1. The van der Waals surface area contributed by atoms with Crippen molar-refractivity contribution < 1.29 is 9.53 Å². The molecule has 6 heteroatoms. The Balaban J connectivity index is 1.98. The largest absolute Gasteiger partial charge is 0.462 e. The number of nitrogens with zero attached hydrogens (tertiary/aromatic N) is 4. The molecule has 1 aromatic heterocycles.